The molecule has 1 aromatic heterocycles. The Balaban J connectivity index is 0.00000151. The van der Waals surface area contributed by atoms with Crippen LogP contribution in [0.1, 0.15) is 63.8 Å². The molecule has 0 unspecified atom stereocenters. The van der Waals surface area contributed by atoms with Crippen molar-refractivity contribution in [2.75, 3.05) is 0 Å². The van der Waals surface area contributed by atoms with Crippen molar-refractivity contribution in [1.82, 2.24) is 9.78 Å². The summed E-state index contributed by atoms with van der Waals surface area (Å²) < 4.78 is 1.61. The van der Waals surface area contributed by atoms with Gasteiger partial charge in [-0.3, -0.25) is 4.79 Å². The average Bonchev–Trinajstić information content (AvgIpc) is 2.54. The molecule has 141 valence electrons. The summed E-state index contributed by atoms with van der Waals surface area (Å²) in [7, 11) is 0. The van der Waals surface area contributed by atoms with Crippen LogP contribution in [0.2, 0.25) is 0 Å². The van der Waals surface area contributed by atoms with Crippen LogP contribution in [0.4, 0.5) is 0 Å². The van der Waals surface area contributed by atoms with Gasteiger partial charge in [0.05, 0.1) is 11.6 Å². The second-order valence-corrected chi connectivity index (χ2v) is 6.07. The second-order valence-electron chi connectivity index (χ2n) is 6.07. The summed E-state index contributed by atoms with van der Waals surface area (Å²) in [4.78, 5) is 12.9. The van der Waals surface area contributed by atoms with Gasteiger partial charge in [0.2, 0.25) is 0 Å². The number of rotatable bonds is 4. The van der Waals surface area contributed by atoms with Gasteiger partial charge in [-0.25, -0.2) is 4.68 Å². The van der Waals surface area contributed by atoms with Crippen LogP contribution in [-0.2, 0) is 39.1 Å². The normalized spacial score (nSPS) is 12.8. The molecule has 26 heavy (non-hydrogen) atoms. The number of aryl methyl sites for hydroxylation is 2. The summed E-state index contributed by atoms with van der Waals surface area (Å²) in [5.74, 6) is 0.0525. The molecule has 1 aliphatic carbocycles. The Morgan fingerprint density at radius 1 is 1.23 bits per heavy atom. The molecular formula is C21H31N2O2Y-. The first kappa shape index (κ1) is 25.0. The van der Waals surface area contributed by atoms with Crippen molar-refractivity contribution in [1.29, 1.82) is 0 Å². The quantitative estimate of drug-likeness (QED) is 0.686. The molecule has 1 aliphatic rings. The monoisotopic (exact) mass is 432 g/mol. The second kappa shape index (κ2) is 11.7. The maximum Gasteiger partial charge on any atom is 0.278 e. The van der Waals surface area contributed by atoms with E-state index in [1.165, 1.54) is 0 Å². The van der Waals surface area contributed by atoms with Gasteiger partial charge in [-0.05, 0) is 43.7 Å². The molecule has 2 aromatic rings. The molecule has 1 saturated carbocycles. The molecule has 0 amide bonds. The van der Waals surface area contributed by atoms with Crippen LogP contribution in [0.25, 0.3) is 11.1 Å². The van der Waals surface area contributed by atoms with Crippen LogP contribution < -0.4 is 5.56 Å². The Bertz CT molecular complexity index is 752. The first-order valence-corrected chi connectivity index (χ1v) is 9.04. The Morgan fingerprint density at radius 2 is 1.85 bits per heavy atom. The number of benzene rings is 1. The Labute approximate surface area is 182 Å². The van der Waals surface area contributed by atoms with Crippen LogP contribution in [0.5, 0.6) is 5.75 Å². The van der Waals surface area contributed by atoms with Gasteiger partial charge in [0, 0.05) is 32.7 Å². The summed E-state index contributed by atoms with van der Waals surface area (Å²) in [5.41, 5.74) is 2.66. The summed E-state index contributed by atoms with van der Waals surface area (Å²) in [6, 6.07) is 7.88. The smallest absolute Gasteiger partial charge is 0.278 e. The van der Waals surface area contributed by atoms with E-state index in [-0.39, 0.29) is 57.5 Å². The van der Waals surface area contributed by atoms with E-state index in [0.29, 0.717) is 17.7 Å². The summed E-state index contributed by atoms with van der Waals surface area (Å²) in [6.45, 7) is 8.01. The maximum absolute atomic E-state index is 12.9. The van der Waals surface area contributed by atoms with Gasteiger partial charge in [-0.2, -0.15) is 5.10 Å². The SMILES string of the molecule is CC.CCCc1nn(C2CCC2)c(=O)c(-c2ccccc2C)c1O.[CH3-].[Y]. The molecule has 0 bridgehead atoms. The minimum absolute atomic E-state index is 0. The fourth-order valence-corrected chi connectivity index (χ4v) is 2.96. The van der Waals surface area contributed by atoms with Gasteiger partial charge in [-0.15, -0.1) is 0 Å². The molecule has 0 spiro atoms. The molecule has 1 heterocycles. The minimum atomic E-state index is -0.170. The van der Waals surface area contributed by atoms with Crippen molar-refractivity contribution < 1.29 is 37.8 Å². The van der Waals surface area contributed by atoms with Crippen LogP contribution >= 0.6 is 0 Å². The molecule has 1 aromatic carbocycles. The van der Waals surface area contributed by atoms with Gasteiger partial charge < -0.3 is 12.5 Å². The largest absolute Gasteiger partial charge is 0.505 e. The van der Waals surface area contributed by atoms with Crippen LogP contribution in [0.15, 0.2) is 29.1 Å². The third-order valence-corrected chi connectivity index (χ3v) is 4.48. The average molecular weight is 432 g/mol. The van der Waals surface area contributed by atoms with Crippen molar-refractivity contribution in [3.63, 3.8) is 0 Å². The molecule has 1 fully saturated rings. The fourth-order valence-electron chi connectivity index (χ4n) is 2.96. The first-order chi connectivity index (χ1) is 11.6. The summed E-state index contributed by atoms with van der Waals surface area (Å²) >= 11 is 0. The summed E-state index contributed by atoms with van der Waals surface area (Å²) in [6.07, 6.45) is 4.70. The predicted octanol–water partition coefficient (Wildman–Crippen LogP) is 5.08. The maximum atomic E-state index is 12.9. The number of aromatic hydroxyl groups is 1. The molecule has 0 aliphatic heterocycles. The van der Waals surface area contributed by atoms with Gasteiger partial charge in [0.15, 0.2) is 5.75 Å². The van der Waals surface area contributed by atoms with Crippen molar-refractivity contribution in [3.05, 3.63) is 53.3 Å². The topological polar surface area (TPSA) is 55.1 Å². The van der Waals surface area contributed by atoms with Gasteiger partial charge in [0.1, 0.15) is 5.69 Å². The van der Waals surface area contributed by atoms with Gasteiger partial charge in [-0.1, -0.05) is 51.5 Å². The van der Waals surface area contributed by atoms with E-state index in [4.69, 9.17) is 0 Å². The minimum Gasteiger partial charge on any atom is -0.505 e. The molecule has 1 N–H and O–H groups in total. The summed E-state index contributed by atoms with van der Waals surface area (Å²) in [5, 5.41) is 15.1. The van der Waals surface area contributed by atoms with E-state index < -0.39 is 0 Å². The Morgan fingerprint density at radius 3 is 2.35 bits per heavy atom. The van der Waals surface area contributed by atoms with E-state index in [0.717, 1.165) is 36.8 Å². The zero-order valence-corrected chi connectivity index (χ0v) is 19.6. The van der Waals surface area contributed by atoms with E-state index in [9.17, 15) is 9.90 Å². The predicted molar refractivity (Wildman–Crippen MR) is 105 cm³/mol. The van der Waals surface area contributed by atoms with Gasteiger partial charge in [0.25, 0.3) is 5.56 Å². The molecule has 0 saturated heterocycles. The molecule has 3 rings (SSSR count). The zero-order valence-electron chi connectivity index (χ0n) is 16.7. The van der Waals surface area contributed by atoms with Crippen molar-refractivity contribution >= 4 is 0 Å². The van der Waals surface area contributed by atoms with E-state index in [1.807, 2.05) is 52.0 Å². The van der Waals surface area contributed by atoms with Crippen LogP contribution in [-0.4, -0.2) is 14.9 Å². The molecular weight excluding hydrogens is 401 g/mol. The van der Waals surface area contributed by atoms with E-state index >= 15 is 0 Å². The molecule has 5 heteroatoms. The number of aromatic nitrogens is 2. The molecule has 0 atom stereocenters. The van der Waals surface area contributed by atoms with Crippen LogP contribution in [0.3, 0.4) is 0 Å². The molecule has 4 nitrogen and oxygen atoms in total. The van der Waals surface area contributed by atoms with Crippen molar-refractivity contribution in [2.24, 2.45) is 0 Å². The standard InChI is InChI=1S/C18H22N2O2.C2H6.CH3.Y/c1-3-7-15-17(21)16(14-11-5-4-8-12(14)2)18(22)20(19-15)13-9-6-10-13;1-2;;/h4-5,8,11,13,21H,3,6-7,9-10H2,1-2H3;1-2H3;1H3;/q;;-1;. The Kier molecular flexibility index (Phi) is 11.2. The van der Waals surface area contributed by atoms with E-state index in [2.05, 4.69) is 5.10 Å². The Hall–Kier alpha value is -0.996. The number of hydrogen-bond acceptors (Lipinski definition) is 3. The van der Waals surface area contributed by atoms with Crippen LogP contribution in [0, 0.1) is 14.4 Å². The number of nitrogens with zero attached hydrogens (tertiary/aromatic N) is 2. The number of hydrogen-bond donors (Lipinski definition) is 1. The first-order valence-electron chi connectivity index (χ1n) is 9.04. The van der Waals surface area contributed by atoms with Crippen molar-refractivity contribution in [3.8, 4) is 16.9 Å². The molecule has 1 radical (unpaired) electrons. The third kappa shape index (κ3) is 5.04. The third-order valence-electron chi connectivity index (χ3n) is 4.48. The van der Waals surface area contributed by atoms with Gasteiger partial charge >= 0.3 is 0 Å². The fraction of sp³-hybridized carbons (Fsp3) is 0.476. The van der Waals surface area contributed by atoms with E-state index in [1.54, 1.807) is 4.68 Å². The zero-order chi connectivity index (χ0) is 17.7. The van der Waals surface area contributed by atoms with Crippen molar-refractivity contribution in [2.45, 2.75) is 65.8 Å².